The summed E-state index contributed by atoms with van der Waals surface area (Å²) in [6, 6.07) is 22.3. The van der Waals surface area contributed by atoms with Gasteiger partial charge < -0.3 is 19.2 Å². The van der Waals surface area contributed by atoms with E-state index in [4.69, 9.17) is 25.5 Å². The minimum atomic E-state index is -4.17. The van der Waals surface area contributed by atoms with E-state index in [0.717, 1.165) is 4.31 Å². The molecule has 0 radical (unpaired) electrons. The van der Waals surface area contributed by atoms with Crippen LogP contribution in [0.3, 0.4) is 0 Å². The molecule has 13 heteroatoms. The predicted molar refractivity (Wildman–Crippen MR) is 157 cm³/mol. The minimum Gasteiger partial charge on any atom is -0.495 e. The van der Waals surface area contributed by atoms with Crippen molar-refractivity contribution in [2.75, 3.05) is 24.6 Å². The molecule has 4 rings (SSSR count). The lowest BCUT2D eigenvalue weighted by molar-refractivity contribution is -0.123. The summed E-state index contributed by atoms with van der Waals surface area (Å²) in [4.78, 5) is 24.8. The fraction of sp³-hybridized carbons (Fsp3) is 0.138. The van der Waals surface area contributed by atoms with Crippen molar-refractivity contribution in [1.29, 1.82) is 0 Å². The lowest BCUT2D eigenvalue weighted by Gasteiger charge is -2.25. The highest BCUT2D eigenvalue weighted by Crippen LogP contribution is 2.34. The molecule has 0 aliphatic heterocycles. The number of nitrogens with zero attached hydrogens (tertiary/aromatic N) is 2. The Morgan fingerprint density at radius 2 is 1.76 bits per heavy atom. The molecule has 0 aliphatic rings. The number of hydrogen-bond donors (Lipinski definition) is 2. The summed E-state index contributed by atoms with van der Waals surface area (Å²) < 4.78 is 43.9. The molecule has 0 unspecified atom stereocenters. The molecular weight excluding hydrogens is 584 g/mol. The van der Waals surface area contributed by atoms with Crippen molar-refractivity contribution in [2.24, 2.45) is 5.10 Å². The molecule has 3 aromatic carbocycles. The second kappa shape index (κ2) is 14.2. The van der Waals surface area contributed by atoms with Crippen molar-refractivity contribution in [3.8, 4) is 11.5 Å². The average molecular weight is 611 g/mol. The zero-order chi connectivity index (χ0) is 30.0. The first-order chi connectivity index (χ1) is 20.3. The normalized spacial score (nSPS) is 11.2. The maximum Gasteiger partial charge on any atom is 0.264 e. The predicted octanol–water partition coefficient (Wildman–Crippen LogP) is 3.98. The molecule has 0 bridgehead atoms. The first-order valence-corrected chi connectivity index (χ1v) is 14.3. The van der Waals surface area contributed by atoms with Crippen LogP contribution in [-0.4, -0.2) is 46.7 Å². The van der Waals surface area contributed by atoms with Gasteiger partial charge in [-0.2, -0.15) is 5.10 Å². The van der Waals surface area contributed by atoms with Crippen molar-refractivity contribution in [2.45, 2.75) is 11.4 Å². The molecular formula is C29H27ClN4O7S. The van der Waals surface area contributed by atoms with Gasteiger partial charge in [-0.25, -0.2) is 13.8 Å². The van der Waals surface area contributed by atoms with Gasteiger partial charge in [0.25, 0.3) is 21.8 Å². The number of carbonyl (C=O) groups is 2. The van der Waals surface area contributed by atoms with Crippen LogP contribution in [0.25, 0.3) is 0 Å². The minimum absolute atomic E-state index is 0.0133. The van der Waals surface area contributed by atoms with E-state index in [2.05, 4.69) is 15.8 Å². The third kappa shape index (κ3) is 8.12. The topological polar surface area (TPSA) is 140 Å². The number of rotatable bonds is 13. The quantitative estimate of drug-likeness (QED) is 0.172. The van der Waals surface area contributed by atoms with E-state index in [1.807, 2.05) is 0 Å². The zero-order valence-corrected chi connectivity index (χ0v) is 24.0. The van der Waals surface area contributed by atoms with Gasteiger partial charge in [0.2, 0.25) is 0 Å². The van der Waals surface area contributed by atoms with E-state index in [9.17, 15) is 18.0 Å². The van der Waals surface area contributed by atoms with Crippen molar-refractivity contribution in [3.05, 3.63) is 108 Å². The Hall–Kier alpha value is -4.81. The number of ether oxygens (including phenoxy) is 2. The Kier molecular flexibility index (Phi) is 10.2. The number of benzene rings is 3. The van der Waals surface area contributed by atoms with E-state index >= 15 is 0 Å². The van der Waals surface area contributed by atoms with E-state index in [1.54, 1.807) is 60.7 Å². The SMILES string of the molecule is COc1ccc(Cl)cc1N(CC(=O)N/N=C\c1ccc(OCC(=O)NCc2ccco2)cc1)S(=O)(=O)c1ccccc1. The summed E-state index contributed by atoms with van der Waals surface area (Å²) in [5.74, 6) is 0.301. The molecule has 2 N–H and O–H groups in total. The summed E-state index contributed by atoms with van der Waals surface area (Å²) in [5.41, 5.74) is 3.06. The Morgan fingerprint density at radius 1 is 1.00 bits per heavy atom. The number of anilines is 1. The summed E-state index contributed by atoms with van der Waals surface area (Å²) in [6.45, 7) is -0.511. The van der Waals surface area contributed by atoms with Gasteiger partial charge in [-0.05, 0) is 72.3 Å². The van der Waals surface area contributed by atoms with Crippen LogP contribution in [0.1, 0.15) is 11.3 Å². The third-order valence-corrected chi connectivity index (χ3v) is 7.73. The van der Waals surface area contributed by atoms with Gasteiger partial charge >= 0.3 is 0 Å². The number of methoxy groups -OCH3 is 1. The van der Waals surface area contributed by atoms with Gasteiger partial charge in [0.15, 0.2) is 6.61 Å². The highest BCUT2D eigenvalue weighted by Gasteiger charge is 2.29. The first kappa shape index (κ1) is 30.2. The first-order valence-electron chi connectivity index (χ1n) is 12.5. The van der Waals surface area contributed by atoms with Crippen LogP contribution in [-0.2, 0) is 26.2 Å². The number of nitrogens with one attached hydrogen (secondary N) is 2. The van der Waals surface area contributed by atoms with E-state index in [0.29, 0.717) is 17.1 Å². The van der Waals surface area contributed by atoms with E-state index in [1.165, 1.54) is 43.9 Å². The van der Waals surface area contributed by atoms with Gasteiger partial charge in [-0.3, -0.25) is 13.9 Å². The van der Waals surface area contributed by atoms with Crippen LogP contribution in [0.5, 0.6) is 11.5 Å². The molecule has 0 saturated carbocycles. The maximum atomic E-state index is 13.5. The van der Waals surface area contributed by atoms with Gasteiger partial charge in [0, 0.05) is 5.02 Å². The number of hydrogen-bond acceptors (Lipinski definition) is 8. The van der Waals surface area contributed by atoms with Crippen LogP contribution in [0.2, 0.25) is 5.02 Å². The Balaban J connectivity index is 1.37. The Labute approximate surface area is 247 Å². The number of amides is 2. The van der Waals surface area contributed by atoms with Crippen molar-refractivity contribution in [3.63, 3.8) is 0 Å². The lowest BCUT2D eigenvalue weighted by atomic mass is 10.2. The molecule has 0 saturated heterocycles. The Morgan fingerprint density at radius 3 is 2.45 bits per heavy atom. The fourth-order valence-electron chi connectivity index (χ4n) is 3.67. The van der Waals surface area contributed by atoms with Crippen molar-refractivity contribution < 1.29 is 31.9 Å². The zero-order valence-electron chi connectivity index (χ0n) is 22.4. The summed E-state index contributed by atoms with van der Waals surface area (Å²) in [7, 11) is -2.79. The number of furan rings is 1. The molecule has 2 amide bonds. The molecule has 1 heterocycles. The van der Waals surface area contributed by atoms with Gasteiger partial charge in [0.05, 0.1) is 36.7 Å². The second-order valence-corrected chi connectivity index (χ2v) is 10.9. The maximum absolute atomic E-state index is 13.5. The largest absolute Gasteiger partial charge is 0.495 e. The molecule has 218 valence electrons. The highest BCUT2D eigenvalue weighted by molar-refractivity contribution is 7.92. The average Bonchev–Trinajstić information content (AvgIpc) is 3.53. The molecule has 0 fully saturated rings. The van der Waals surface area contributed by atoms with Crippen molar-refractivity contribution >= 4 is 45.3 Å². The van der Waals surface area contributed by atoms with Crippen LogP contribution in [0, 0.1) is 0 Å². The molecule has 1 aromatic heterocycles. The molecule has 4 aromatic rings. The summed E-state index contributed by atoms with van der Waals surface area (Å²) >= 11 is 6.15. The van der Waals surface area contributed by atoms with Crippen LogP contribution in [0.15, 0.2) is 106 Å². The lowest BCUT2D eigenvalue weighted by Crippen LogP contribution is -2.39. The highest BCUT2D eigenvalue weighted by atomic mass is 35.5. The van der Waals surface area contributed by atoms with Crippen LogP contribution >= 0.6 is 11.6 Å². The van der Waals surface area contributed by atoms with Crippen LogP contribution in [0.4, 0.5) is 5.69 Å². The molecule has 0 atom stereocenters. The fourth-order valence-corrected chi connectivity index (χ4v) is 5.28. The smallest absolute Gasteiger partial charge is 0.264 e. The monoisotopic (exact) mass is 610 g/mol. The second-order valence-electron chi connectivity index (χ2n) is 8.65. The molecule has 0 spiro atoms. The summed E-state index contributed by atoms with van der Waals surface area (Å²) in [5, 5.41) is 6.88. The van der Waals surface area contributed by atoms with Crippen LogP contribution < -0.4 is 24.5 Å². The number of hydrazone groups is 1. The summed E-state index contributed by atoms with van der Waals surface area (Å²) in [6.07, 6.45) is 2.91. The van der Waals surface area contributed by atoms with Gasteiger partial charge in [0.1, 0.15) is 23.8 Å². The van der Waals surface area contributed by atoms with E-state index < -0.39 is 22.5 Å². The molecule has 11 nitrogen and oxygen atoms in total. The number of carbonyl (C=O) groups excluding carboxylic acids is 2. The standard InChI is InChI=1S/C29H27ClN4O7S/c1-39-27-14-11-22(30)16-26(27)34(42(37,38)25-7-3-2-4-8-25)19-28(35)33-32-17-21-9-12-23(13-10-21)41-20-29(36)31-18-24-6-5-15-40-24/h2-17H,18-20H2,1H3,(H,31,36)(H,33,35)/b32-17-. The molecule has 0 aliphatic carbocycles. The van der Waals surface area contributed by atoms with Gasteiger partial charge in [-0.15, -0.1) is 0 Å². The van der Waals surface area contributed by atoms with E-state index in [-0.39, 0.29) is 40.4 Å². The van der Waals surface area contributed by atoms with Crippen molar-refractivity contribution in [1.82, 2.24) is 10.7 Å². The van der Waals surface area contributed by atoms with Gasteiger partial charge in [-0.1, -0.05) is 29.8 Å². The number of sulfonamides is 1. The number of halogens is 1. The third-order valence-electron chi connectivity index (χ3n) is 5.72. The molecule has 42 heavy (non-hydrogen) atoms. The Bertz CT molecular complexity index is 1630.